The highest BCUT2D eigenvalue weighted by Gasteiger charge is 2.30. The van der Waals surface area contributed by atoms with E-state index >= 15 is 0 Å². The number of aryl methyl sites for hydroxylation is 1. The predicted molar refractivity (Wildman–Crippen MR) is 120 cm³/mol. The van der Waals surface area contributed by atoms with Crippen LogP contribution in [-0.2, 0) is 12.1 Å². The minimum Gasteiger partial charge on any atom is -0.497 e. The van der Waals surface area contributed by atoms with Gasteiger partial charge in [0.15, 0.2) is 5.65 Å². The predicted octanol–water partition coefficient (Wildman–Crippen LogP) is 4.32. The van der Waals surface area contributed by atoms with Crippen molar-refractivity contribution in [2.45, 2.75) is 58.5 Å². The standard InChI is InChI=1S/C24H30N4O3/c1-14-21-18(23(29)25-13-16-11-17(30-5)9-10-20(16)31-6)12-19(15-7-8-15)26-22(21)28(27-14)24(2,3)4/h9-12,15H,7-8,13H2,1-6H3,(H,25,29). The van der Waals surface area contributed by atoms with Gasteiger partial charge in [-0.15, -0.1) is 0 Å². The number of methoxy groups -OCH3 is 2. The zero-order valence-electron chi connectivity index (χ0n) is 19.1. The largest absolute Gasteiger partial charge is 0.497 e. The van der Waals surface area contributed by atoms with E-state index in [0.717, 1.165) is 46.6 Å². The third-order valence-electron chi connectivity index (χ3n) is 5.64. The molecular weight excluding hydrogens is 392 g/mol. The first-order chi connectivity index (χ1) is 14.7. The summed E-state index contributed by atoms with van der Waals surface area (Å²) in [4.78, 5) is 18.3. The van der Waals surface area contributed by atoms with Gasteiger partial charge in [-0.2, -0.15) is 5.10 Å². The van der Waals surface area contributed by atoms with Crippen molar-refractivity contribution in [2.75, 3.05) is 14.2 Å². The number of fused-ring (bicyclic) bond motifs is 1. The fourth-order valence-electron chi connectivity index (χ4n) is 3.83. The first-order valence-corrected chi connectivity index (χ1v) is 10.6. The van der Waals surface area contributed by atoms with Crippen LogP contribution in [0.25, 0.3) is 11.0 Å². The second-order valence-electron chi connectivity index (χ2n) is 9.10. The van der Waals surface area contributed by atoms with Gasteiger partial charge in [-0.1, -0.05) is 0 Å². The molecule has 0 radical (unpaired) electrons. The quantitative estimate of drug-likeness (QED) is 0.640. The number of nitrogens with zero attached hydrogens (tertiary/aromatic N) is 3. The topological polar surface area (TPSA) is 78.3 Å². The van der Waals surface area contributed by atoms with Crippen LogP contribution in [0.4, 0.5) is 0 Å². The summed E-state index contributed by atoms with van der Waals surface area (Å²) in [7, 11) is 3.23. The van der Waals surface area contributed by atoms with Crippen LogP contribution in [0.3, 0.4) is 0 Å². The Morgan fingerprint density at radius 1 is 1.19 bits per heavy atom. The Morgan fingerprint density at radius 3 is 2.55 bits per heavy atom. The Bertz CT molecular complexity index is 1140. The number of ether oxygens (including phenoxy) is 2. The lowest BCUT2D eigenvalue weighted by Crippen LogP contribution is -2.25. The monoisotopic (exact) mass is 422 g/mol. The Hall–Kier alpha value is -3.09. The zero-order valence-corrected chi connectivity index (χ0v) is 19.1. The number of carbonyl (C=O) groups excluding carboxylic acids is 1. The Kier molecular flexibility index (Phi) is 5.37. The third-order valence-corrected chi connectivity index (χ3v) is 5.64. The van der Waals surface area contributed by atoms with Crippen LogP contribution >= 0.6 is 0 Å². The van der Waals surface area contributed by atoms with E-state index in [0.29, 0.717) is 23.8 Å². The minimum atomic E-state index is -0.233. The van der Waals surface area contributed by atoms with Gasteiger partial charge in [0.2, 0.25) is 0 Å². The van der Waals surface area contributed by atoms with Crippen LogP contribution in [0, 0.1) is 6.92 Å². The number of amides is 1. The first kappa shape index (κ1) is 21.2. The first-order valence-electron chi connectivity index (χ1n) is 10.6. The third kappa shape index (κ3) is 4.09. The summed E-state index contributed by atoms with van der Waals surface area (Å²) in [5, 5.41) is 8.60. The summed E-state index contributed by atoms with van der Waals surface area (Å²) < 4.78 is 12.7. The number of pyridine rings is 1. The van der Waals surface area contributed by atoms with Gasteiger partial charge in [-0.05, 0) is 64.8 Å². The van der Waals surface area contributed by atoms with E-state index in [1.807, 2.05) is 35.9 Å². The molecule has 2 heterocycles. The lowest BCUT2D eigenvalue weighted by Gasteiger charge is -2.20. The van der Waals surface area contributed by atoms with E-state index in [1.165, 1.54) is 0 Å². The van der Waals surface area contributed by atoms with Gasteiger partial charge in [0.25, 0.3) is 5.91 Å². The normalized spacial score (nSPS) is 14.0. The molecule has 1 fully saturated rings. The van der Waals surface area contributed by atoms with Gasteiger partial charge in [-0.25, -0.2) is 9.67 Å². The fraction of sp³-hybridized carbons (Fsp3) is 0.458. The molecule has 0 aliphatic heterocycles. The van der Waals surface area contributed by atoms with Crippen molar-refractivity contribution >= 4 is 16.9 Å². The maximum atomic E-state index is 13.3. The van der Waals surface area contributed by atoms with Gasteiger partial charge in [0, 0.05) is 23.7 Å². The average molecular weight is 423 g/mol. The molecule has 4 rings (SSSR count). The Labute approximate surface area is 182 Å². The molecule has 1 aliphatic carbocycles. The van der Waals surface area contributed by atoms with E-state index in [4.69, 9.17) is 19.6 Å². The summed E-state index contributed by atoms with van der Waals surface area (Å²) in [5.41, 5.74) is 3.81. The summed E-state index contributed by atoms with van der Waals surface area (Å²) in [6.45, 7) is 8.55. The molecule has 7 nitrogen and oxygen atoms in total. The van der Waals surface area contributed by atoms with Crippen molar-refractivity contribution in [3.63, 3.8) is 0 Å². The molecule has 0 saturated heterocycles. The highest BCUT2D eigenvalue weighted by Crippen LogP contribution is 2.41. The van der Waals surface area contributed by atoms with Crippen molar-refractivity contribution in [2.24, 2.45) is 0 Å². The summed E-state index contributed by atoms with van der Waals surface area (Å²) >= 11 is 0. The SMILES string of the molecule is COc1ccc(OC)c(CNC(=O)c2cc(C3CC3)nc3c2c(C)nn3C(C)(C)C)c1. The number of hydrogen-bond acceptors (Lipinski definition) is 5. The summed E-state index contributed by atoms with van der Waals surface area (Å²) in [6, 6.07) is 7.50. The van der Waals surface area contributed by atoms with Gasteiger partial charge < -0.3 is 14.8 Å². The molecule has 0 unspecified atom stereocenters. The van der Waals surface area contributed by atoms with Crippen LogP contribution in [0.15, 0.2) is 24.3 Å². The molecule has 0 bridgehead atoms. The van der Waals surface area contributed by atoms with Crippen molar-refractivity contribution < 1.29 is 14.3 Å². The molecule has 1 aromatic carbocycles. The second kappa shape index (κ2) is 7.87. The van der Waals surface area contributed by atoms with E-state index in [-0.39, 0.29) is 11.4 Å². The van der Waals surface area contributed by atoms with Gasteiger partial charge in [0.1, 0.15) is 11.5 Å². The number of rotatable bonds is 6. The van der Waals surface area contributed by atoms with Gasteiger partial charge in [0.05, 0.1) is 36.4 Å². The Balaban J connectivity index is 1.72. The summed E-state index contributed by atoms with van der Waals surface area (Å²) in [5.74, 6) is 1.71. The van der Waals surface area contributed by atoms with E-state index in [2.05, 4.69) is 26.1 Å². The molecule has 7 heteroatoms. The molecular formula is C24H30N4O3. The van der Waals surface area contributed by atoms with Crippen molar-refractivity contribution in [3.05, 3.63) is 46.8 Å². The van der Waals surface area contributed by atoms with Crippen LogP contribution in [0.5, 0.6) is 11.5 Å². The van der Waals surface area contributed by atoms with E-state index < -0.39 is 0 Å². The highest BCUT2D eigenvalue weighted by atomic mass is 16.5. The van der Waals surface area contributed by atoms with E-state index in [1.54, 1.807) is 14.2 Å². The van der Waals surface area contributed by atoms with Crippen molar-refractivity contribution in [1.82, 2.24) is 20.1 Å². The van der Waals surface area contributed by atoms with E-state index in [9.17, 15) is 4.79 Å². The molecule has 1 saturated carbocycles. The van der Waals surface area contributed by atoms with Crippen molar-refractivity contribution in [1.29, 1.82) is 0 Å². The number of benzene rings is 1. The number of nitrogens with one attached hydrogen (secondary N) is 1. The molecule has 31 heavy (non-hydrogen) atoms. The van der Waals surface area contributed by atoms with Gasteiger partial charge >= 0.3 is 0 Å². The van der Waals surface area contributed by atoms with Crippen molar-refractivity contribution in [3.8, 4) is 11.5 Å². The smallest absolute Gasteiger partial charge is 0.252 e. The average Bonchev–Trinajstić information content (AvgIpc) is 3.54. The minimum absolute atomic E-state index is 0.143. The number of aromatic nitrogens is 3. The van der Waals surface area contributed by atoms with Crippen LogP contribution in [0.2, 0.25) is 0 Å². The lowest BCUT2D eigenvalue weighted by atomic mass is 10.1. The van der Waals surface area contributed by atoms with Crippen LogP contribution in [0.1, 0.15) is 66.8 Å². The highest BCUT2D eigenvalue weighted by molar-refractivity contribution is 6.06. The molecule has 1 aliphatic rings. The maximum Gasteiger partial charge on any atom is 0.252 e. The molecule has 1 N–H and O–H groups in total. The Morgan fingerprint density at radius 2 is 1.94 bits per heavy atom. The molecule has 1 amide bonds. The molecule has 164 valence electrons. The zero-order chi connectivity index (χ0) is 22.3. The van der Waals surface area contributed by atoms with Crippen LogP contribution < -0.4 is 14.8 Å². The van der Waals surface area contributed by atoms with Gasteiger partial charge in [-0.3, -0.25) is 4.79 Å². The molecule has 3 aromatic rings. The number of carbonyl (C=O) groups is 1. The number of hydrogen-bond donors (Lipinski definition) is 1. The second-order valence-corrected chi connectivity index (χ2v) is 9.10. The molecule has 0 spiro atoms. The molecule has 2 aromatic heterocycles. The maximum absolute atomic E-state index is 13.3. The molecule has 0 atom stereocenters. The lowest BCUT2D eigenvalue weighted by molar-refractivity contribution is 0.0952. The van der Waals surface area contributed by atoms with Crippen LogP contribution in [-0.4, -0.2) is 34.9 Å². The summed E-state index contributed by atoms with van der Waals surface area (Å²) in [6.07, 6.45) is 2.23. The fourth-order valence-corrected chi connectivity index (χ4v) is 3.83.